The number of aromatic nitrogens is 1. The van der Waals surface area contributed by atoms with Gasteiger partial charge in [-0.15, -0.1) is 11.3 Å². The van der Waals surface area contributed by atoms with Crippen molar-refractivity contribution in [2.24, 2.45) is 5.41 Å². The van der Waals surface area contributed by atoms with Gasteiger partial charge in [0.2, 0.25) is 0 Å². The fourth-order valence-corrected chi connectivity index (χ4v) is 3.88. The third-order valence-corrected chi connectivity index (χ3v) is 5.33. The molecule has 0 bridgehead atoms. The van der Waals surface area contributed by atoms with E-state index in [-0.39, 0.29) is 0 Å². The number of carboxylic acid groups (broad SMARTS) is 1. The summed E-state index contributed by atoms with van der Waals surface area (Å²) >= 11 is 1.40. The van der Waals surface area contributed by atoms with Gasteiger partial charge < -0.3 is 5.11 Å². The number of aromatic carboxylic acids is 1. The molecule has 0 spiro atoms. The first kappa shape index (κ1) is 14.5. The van der Waals surface area contributed by atoms with Gasteiger partial charge in [-0.05, 0) is 37.5 Å². The Morgan fingerprint density at radius 3 is 2.58 bits per heavy atom. The summed E-state index contributed by atoms with van der Waals surface area (Å²) in [6, 6.07) is 0. The van der Waals surface area contributed by atoms with Crippen molar-refractivity contribution < 1.29 is 9.90 Å². The Labute approximate surface area is 119 Å². The van der Waals surface area contributed by atoms with Gasteiger partial charge in [-0.3, -0.25) is 0 Å². The number of thiazole rings is 1. The Kier molecular flexibility index (Phi) is 4.29. The van der Waals surface area contributed by atoms with Crippen molar-refractivity contribution in [3.05, 3.63) is 15.6 Å². The van der Waals surface area contributed by atoms with Crippen LogP contribution in [-0.2, 0) is 6.42 Å². The molecule has 1 aromatic rings. The molecule has 0 radical (unpaired) electrons. The molecule has 1 saturated carbocycles. The molecule has 3 nitrogen and oxygen atoms in total. The molecule has 1 aliphatic rings. The van der Waals surface area contributed by atoms with Crippen molar-refractivity contribution in [1.29, 1.82) is 0 Å². The lowest BCUT2D eigenvalue weighted by Gasteiger charge is -2.33. The minimum atomic E-state index is -0.816. The van der Waals surface area contributed by atoms with Crippen LogP contribution in [0.15, 0.2) is 0 Å². The zero-order valence-electron chi connectivity index (χ0n) is 12.0. The third-order valence-electron chi connectivity index (χ3n) is 4.08. The lowest BCUT2D eigenvalue weighted by Crippen LogP contribution is -2.20. The van der Waals surface area contributed by atoms with E-state index in [2.05, 4.69) is 25.8 Å². The molecular weight excluding hydrogens is 258 g/mol. The quantitative estimate of drug-likeness (QED) is 0.885. The number of hydrogen-bond donors (Lipinski definition) is 1. The lowest BCUT2D eigenvalue weighted by molar-refractivity contribution is 0.0700. The van der Waals surface area contributed by atoms with E-state index in [4.69, 9.17) is 0 Å². The topological polar surface area (TPSA) is 50.2 Å². The van der Waals surface area contributed by atoms with Crippen LogP contribution in [0.5, 0.6) is 0 Å². The molecule has 1 aliphatic carbocycles. The number of hydrogen-bond acceptors (Lipinski definition) is 3. The molecule has 1 fully saturated rings. The molecule has 0 unspecified atom stereocenters. The van der Waals surface area contributed by atoms with Gasteiger partial charge in [0.25, 0.3) is 0 Å². The van der Waals surface area contributed by atoms with Crippen molar-refractivity contribution >= 4 is 17.3 Å². The number of aryl methyl sites for hydroxylation is 1. The van der Waals surface area contributed by atoms with Crippen molar-refractivity contribution in [2.75, 3.05) is 0 Å². The first-order valence-corrected chi connectivity index (χ1v) is 7.97. The second-order valence-electron chi connectivity index (χ2n) is 6.32. The van der Waals surface area contributed by atoms with E-state index in [1.165, 1.54) is 24.2 Å². The zero-order valence-corrected chi connectivity index (χ0v) is 12.8. The van der Waals surface area contributed by atoms with E-state index in [0.29, 0.717) is 16.2 Å². The Bertz CT molecular complexity index is 455. The minimum Gasteiger partial charge on any atom is -0.477 e. The Hall–Kier alpha value is -0.900. The summed E-state index contributed by atoms with van der Waals surface area (Å²) in [4.78, 5) is 16.4. The van der Waals surface area contributed by atoms with Crippen molar-refractivity contribution in [2.45, 2.75) is 65.2 Å². The average Bonchev–Trinajstić information content (AvgIpc) is 2.73. The second-order valence-corrected chi connectivity index (χ2v) is 7.35. The monoisotopic (exact) mass is 281 g/mol. The van der Waals surface area contributed by atoms with Gasteiger partial charge in [0, 0.05) is 5.92 Å². The molecule has 4 heteroatoms. The van der Waals surface area contributed by atoms with E-state index in [1.54, 1.807) is 0 Å². The number of carbonyl (C=O) groups is 1. The summed E-state index contributed by atoms with van der Waals surface area (Å²) in [5.41, 5.74) is 1.23. The summed E-state index contributed by atoms with van der Waals surface area (Å²) in [6.45, 7) is 6.69. The maximum atomic E-state index is 11.3. The summed E-state index contributed by atoms with van der Waals surface area (Å²) < 4.78 is 0. The Morgan fingerprint density at radius 1 is 1.42 bits per heavy atom. The fraction of sp³-hybridized carbons (Fsp3) is 0.733. The molecule has 0 aromatic carbocycles. The summed E-state index contributed by atoms with van der Waals surface area (Å²) in [5, 5.41) is 10.3. The summed E-state index contributed by atoms with van der Waals surface area (Å²) in [6.07, 6.45) is 6.43. The van der Waals surface area contributed by atoms with Crippen LogP contribution in [0.3, 0.4) is 0 Å². The standard InChI is InChI=1S/C15H23NO2S/c1-4-5-11-12(14(17)18)19-13(16-11)10-6-8-15(2,3)9-7-10/h10H,4-9H2,1-3H3,(H,17,18). The smallest absolute Gasteiger partial charge is 0.347 e. The van der Waals surface area contributed by atoms with Gasteiger partial charge in [0.15, 0.2) is 0 Å². The van der Waals surface area contributed by atoms with Gasteiger partial charge in [0.1, 0.15) is 4.88 Å². The van der Waals surface area contributed by atoms with E-state index >= 15 is 0 Å². The maximum Gasteiger partial charge on any atom is 0.347 e. The molecular formula is C15H23NO2S. The van der Waals surface area contributed by atoms with Crippen LogP contribution in [0.1, 0.15) is 79.2 Å². The molecule has 0 atom stereocenters. The highest BCUT2D eigenvalue weighted by Crippen LogP contribution is 2.43. The molecule has 0 amide bonds. The molecule has 2 rings (SSSR count). The van der Waals surface area contributed by atoms with Crippen molar-refractivity contribution in [3.63, 3.8) is 0 Å². The van der Waals surface area contributed by atoms with E-state index in [9.17, 15) is 9.90 Å². The van der Waals surface area contributed by atoms with Crippen molar-refractivity contribution in [3.8, 4) is 0 Å². The lowest BCUT2D eigenvalue weighted by atomic mass is 9.73. The van der Waals surface area contributed by atoms with Gasteiger partial charge in [-0.2, -0.15) is 0 Å². The predicted octanol–water partition coefficient (Wildman–Crippen LogP) is 4.48. The van der Waals surface area contributed by atoms with Crippen LogP contribution in [0, 0.1) is 5.41 Å². The highest BCUT2D eigenvalue weighted by atomic mass is 32.1. The summed E-state index contributed by atoms with van der Waals surface area (Å²) in [7, 11) is 0. The van der Waals surface area contributed by atoms with Gasteiger partial charge in [0.05, 0.1) is 10.7 Å². The zero-order chi connectivity index (χ0) is 14.0. The fourth-order valence-electron chi connectivity index (χ4n) is 2.76. The van der Waals surface area contributed by atoms with Crippen LogP contribution in [0.4, 0.5) is 0 Å². The Balaban J connectivity index is 2.17. The van der Waals surface area contributed by atoms with Crippen LogP contribution in [-0.4, -0.2) is 16.1 Å². The summed E-state index contributed by atoms with van der Waals surface area (Å²) in [5.74, 6) is -0.343. The first-order valence-electron chi connectivity index (χ1n) is 7.16. The molecule has 19 heavy (non-hydrogen) atoms. The SMILES string of the molecule is CCCc1nc(C2CCC(C)(C)CC2)sc1C(=O)O. The molecule has 106 valence electrons. The van der Waals surface area contributed by atoms with E-state index < -0.39 is 5.97 Å². The molecule has 1 aromatic heterocycles. The van der Waals surface area contributed by atoms with E-state index in [0.717, 1.165) is 36.4 Å². The van der Waals surface area contributed by atoms with Crippen LogP contribution in [0.2, 0.25) is 0 Å². The highest BCUT2D eigenvalue weighted by Gasteiger charge is 2.30. The highest BCUT2D eigenvalue weighted by molar-refractivity contribution is 7.13. The van der Waals surface area contributed by atoms with Crippen LogP contribution < -0.4 is 0 Å². The van der Waals surface area contributed by atoms with E-state index in [1.807, 2.05) is 0 Å². The molecule has 0 aliphatic heterocycles. The molecule has 0 saturated heterocycles. The number of carboxylic acids is 1. The van der Waals surface area contributed by atoms with Crippen molar-refractivity contribution in [1.82, 2.24) is 4.98 Å². The largest absolute Gasteiger partial charge is 0.477 e. The van der Waals surface area contributed by atoms with Gasteiger partial charge >= 0.3 is 5.97 Å². The number of rotatable bonds is 4. The Morgan fingerprint density at radius 2 is 2.05 bits per heavy atom. The third kappa shape index (κ3) is 3.35. The number of nitrogens with zero attached hydrogens (tertiary/aromatic N) is 1. The predicted molar refractivity (Wildman–Crippen MR) is 78.1 cm³/mol. The van der Waals surface area contributed by atoms with Gasteiger partial charge in [-0.25, -0.2) is 9.78 Å². The first-order chi connectivity index (χ1) is 8.93. The molecule has 1 heterocycles. The maximum absolute atomic E-state index is 11.3. The minimum absolute atomic E-state index is 0.440. The van der Waals surface area contributed by atoms with Crippen LogP contribution >= 0.6 is 11.3 Å². The molecule has 1 N–H and O–H groups in total. The second kappa shape index (κ2) is 5.61. The normalized spacial score (nSPS) is 19.5. The average molecular weight is 281 g/mol. The van der Waals surface area contributed by atoms with Gasteiger partial charge in [-0.1, -0.05) is 27.2 Å². The van der Waals surface area contributed by atoms with Crippen LogP contribution in [0.25, 0.3) is 0 Å².